The van der Waals surface area contributed by atoms with Crippen LogP contribution < -0.4 is 15.4 Å². The van der Waals surface area contributed by atoms with Gasteiger partial charge >= 0.3 is 6.61 Å². The monoisotopic (exact) mass is 403 g/mol. The molecule has 2 aromatic carbocycles. The fourth-order valence-electron chi connectivity index (χ4n) is 2.58. The van der Waals surface area contributed by atoms with Gasteiger partial charge in [0.15, 0.2) is 5.13 Å². The minimum absolute atomic E-state index is 0.0728. The van der Waals surface area contributed by atoms with Crippen LogP contribution in [0.1, 0.15) is 35.8 Å². The molecular weight excluding hydrogens is 384 g/mol. The Balaban J connectivity index is 1.66. The predicted octanol–water partition coefficient (Wildman–Crippen LogP) is 5.86. The van der Waals surface area contributed by atoms with Crippen molar-refractivity contribution in [2.75, 3.05) is 10.6 Å². The van der Waals surface area contributed by atoms with Gasteiger partial charge in [-0.15, -0.1) is 11.3 Å². The molecule has 0 bridgehead atoms. The van der Waals surface area contributed by atoms with E-state index >= 15 is 0 Å². The number of anilines is 3. The first-order valence-corrected chi connectivity index (χ1v) is 9.48. The lowest BCUT2D eigenvalue weighted by atomic mass is 10.0. The number of ether oxygens (including phenoxy) is 1. The number of nitrogens with zero attached hydrogens (tertiary/aromatic N) is 1. The van der Waals surface area contributed by atoms with E-state index in [1.54, 1.807) is 17.5 Å². The number of hydrogen-bond donors (Lipinski definition) is 2. The van der Waals surface area contributed by atoms with Crippen LogP contribution in [0, 0.1) is 0 Å². The van der Waals surface area contributed by atoms with Crippen molar-refractivity contribution in [2.24, 2.45) is 0 Å². The van der Waals surface area contributed by atoms with Crippen molar-refractivity contribution in [3.8, 4) is 5.75 Å². The molecule has 3 rings (SSSR count). The van der Waals surface area contributed by atoms with E-state index < -0.39 is 6.61 Å². The number of carbonyl (C=O) groups is 1. The van der Waals surface area contributed by atoms with E-state index in [-0.39, 0.29) is 17.6 Å². The summed E-state index contributed by atoms with van der Waals surface area (Å²) in [4.78, 5) is 16.8. The Morgan fingerprint density at radius 1 is 1.11 bits per heavy atom. The third-order valence-electron chi connectivity index (χ3n) is 3.90. The second-order valence-corrected chi connectivity index (χ2v) is 7.12. The second-order valence-electron chi connectivity index (χ2n) is 6.26. The average molecular weight is 403 g/mol. The van der Waals surface area contributed by atoms with Crippen molar-refractivity contribution in [1.29, 1.82) is 0 Å². The summed E-state index contributed by atoms with van der Waals surface area (Å²) >= 11 is 1.27. The number of aromatic nitrogens is 1. The van der Waals surface area contributed by atoms with E-state index in [1.165, 1.54) is 23.5 Å². The Morgan fingerprint density at radius 2 is 1.82 bits per heavy atom. The number of rotatable bonds is 7. The molecule has 1 amide bonds. The molecule has 0 saturated heterocycles. The SMILES string of the molecule is CC(C)c1ccccc1NC(=O)c1csc(Nc2ccc(OC(F)F)cc2)n1. The maximum absolute atomic E-state index is 12.5. The zero-order valence-corrected chi connectivity index (χ0v) is 16.1. The highest BCUT2D eigenvalue weighted by Gasteiger charge is 2.14. The number of benzene rings is 2. The Morgan fingerprint density at radius 3 is 2.50 bits per heavy atom. The molecular formula is C20H19F2N3O2S. The number of para-hydroxylation sites is 1. The molecule has 28 heavy (non-hydrogen) atoms. The summed E-state index contributed by atoms with van der Waals surface area (Å²) in [5.41, 5.74) is 2.76. The first kappa shape index (κ1) is 19.8. The van der Waals surface area contributed by atoms with E-state index in [4.69, 9.17) is 0 Å². The Bertz CT molecular complexity index is 943. The van der Waals surface area contributed by atoms with Crippen LogP contribution in [0.4, 0.5) is 25.3 Å². The molecule has 5 nitrogen and oxygen atoms in total. The van der Waals surface area contributed by atoms with Crippen molar-refractivity contribution in [1.82, 2.24) is 4.98 Å². The lowest BCUT2D eigenvalue weighted by molar-refractivity contribution is -0.0498. The van der Waals surface area contributed by atoms with Gasteiger partial charge in [0.05, 0.1) is 0 Å². The van der Waals surface area contributed by atoms with E-state index in [9.17, 15) is 13.6 Å². The highest BCUT2D eigenvalue weighted by molar-refractivity contribution is 7.14. The maximum Gasteiger partial charge on any atom is 0.387 e. The van der Waals surface area contributed by atoms with E-state index in [0.29, 0.717) is 16.5 Å². The highest BCUT2D eigenvalue weighted by atomic mass is 32.1. The third kappa shape index (κ3) is 5.04. The molecule has 0 aliphatic rings. The third-order valence-corrected chi connectivity index (χ3v) is 4.66. The van der Waals surface area contributed by atoms with Crippen LogP contribution in [-0.2, 0) is 0 Å². The summed E-state index contributed by atoms with van der Waals surface area (Å²) in [5, 5.41) is 8.11. The first-order valence-electron chi connectivity index (χ1n) is 8.60. The molecule has 0 aliphatic carbocycles. The standard InChI is InChI=1S/C20H19F2N3O2S/c1-12(2)15-5-3-4-6-16(15)24-18(26)17-11-28-20(25-17)23-13-7-9-14(10-8-13)27-19(21)22/h3-12,19H,1-2H3,(H,23,25)(H,24,26). The van der Waals surface area contributed by atoms with E-state index in [0.717, 1.165) is 11.3 Å². The number of amides is 1. The van der Waals surface area contributed by atoms with Gasteiger partial charge in [0.1, 0.15) is 11.4 Å². The summed E-state index contributed by atoms with van der Waals surface area (Å²) in [6, 6.07) is 13.7. The minimum atomic E-state index is -2.86. The largest absolute Gasteiger partial charge is 0.435 e. The van der Waals surface area contributed by atoms with Gasteiger partial charge in [-0.1, -0.05) is 32.0 Å². The number of nitrogens with one attached hydrogen (secondary N) is 2. The van der Waals surface area contributed by atoms with Gasteiger partial charge in [-0.2, -0.15) is 8.78 Å². The fourth-order valence-corrected chi connectivity index (χ4v) is 3.29. The molecule has 0 atom stereocenters. The summed E-state index contributed by atoms with van der Waals surface area (Å²) in [6.07, 6.45) is 0. The molecule has 0 unspecified atom stereocenters. The molecule has 8 heteroatoms. The second kappa shape index (κ2) is 8.79. The van der Waals surface area contributed by atoms with Gasteiger partial charge in [-0.05, 0) is 41.8 Å². The maximum atomic E-state index is 12.5. The van der Waals surface area contributed by atoms with Crippen molar-refractivity contribution in [3.05, 3.63) is 65.2 Å². The zero-order chi connectivity index (χ0) is 20.1. The van der Waals surface area contributed by atoms with Crippen LogP contribution in [0.25, 0.3) is 0 Å². The first-order chi connectivity index (χ1) is 13.4. The topological polar surface area (TPSA) is 63.2 Å². The number of thiazole rings is 1. The Labute approximate surface area is 165 Å². The molecule has 0 fully saturated rings. The molecule has 1 heterocycles. The van der Waals surface area contributed by atoms with Crippen LogP contribution in [0.3, 0.4) is 0 Å². The molecule has 0 saturated carbocycles. The average Bonchev–Trinajstić information content (AvgIpc) is 3.12. The highest BCUT2D eigenvalue weighted by Crippen LogP contribution is 2.26. The fraction of sp³-hybridized carbons (Fsp3) is 0.200. The lowest BCUT2D eigenvalue weighted by Gasteiger charge is -2.12. The van der Waals surface area contributed by atoms with E-state index in [2.05, 4.69) is 34.2 Å². The summed E-state index contributed by atoms with van der Waals surface area (Å²) < 4.78 is 28.7. The van der Waals surface area contributed by atoms with Gasteiger partial charge < -0.3 is 15.4 Å². The van der Waals surface area contributed by atoms with Crippen LogP contribution in [0.2, 0.25) is 0 Å². The summed E-state index contributed by atoms with van der Waals surface area (Å²) in [5.74, 6) is 0.0582. The summed E-state index contributed by atoms with van der Waals surface area (Å²) in [7, 11) is 0. The normalized spacial score (nSPS) is 10.9. The van der Waals surface area contributed by atoms with Gasteiger partial charge in [-0.25, -0.2) is 4.98 Å². The van der Waals surface area contributed by atoms with Crippen LogP contribution in [0.5, 0.6) is 5.75 Å². The zero-order valence-electron chi connectivity index (χ0n) is 15.3. The number of carbonyl (C=O) groups excluding carboxylic acids is 1. The van der Waals surface area contributed by atoms with Crippen molar-refractivity contribution in [3.63, 3.8) is 0 Å². The molecule has 3 aromatic rings. The van der Waals surface area contributed by atoms with Gasteiger partial charge in [0.2, 0.25) is 0 Å². The quantitative estimate of drug-likeness (QED) is 0.518. The molecule has 2 N–H and O–H groups in total. The van der Waals surface area contributed by atoms with Crippen LogP contribution in [0.15, 0.2) is 53.9 Å². The smallest absolute Gasteiger partial charge is 0.387 e. The number of hydrogen-bond acceptors (Lipinski definition) is 5. The Kier molecular flexibility index (Phi) is 6.20. The van der Waals surface area contributed by atoms with Crippen molar-refractivity contribution >= 4 is 33.8 Å². The van der Waals surface area contributed by atoms with E-state index in [1.807, 2.05) is 24.3 Å². The summed E-state index contributed by atoms with van der Waals surface area (Å²) in [6.45, 7) is 1.26. The lowest BCUT2D eigenvalue weighted by Crippen LogP contribution is -2.14. The molecule has 0 radical (unpaired) electrons. The molecule has 0 spiro atoms. The van der Waals surface area contributed by atoms with Crippen LogP contribution >= 0.6 is 11.3 Å². The number of halogens is 2. The minimum Gasteiger partial charge on any atom is -0.435 e. The van der Waals surface area contributed by atoms with Crippen LogP contribution in [-0.4, -0.2) is 17.5 Å². The van der Waals surface area contributed by atoms with Gasteiger partial charge in [-0.3, -0.25) is 4.79 Å². The van der Waals surface area contributed by atoms with Crippen molar-refractivity contribution in [2.45, 2.75) is 26.4 Å². The predicted molar refractivity (Wildman–Crippen MR) is 107 cm³/mol. The molecule has 0 aliphatic heterocycles. The molecule has 1 aromatic heterocycles. The van der Waals surface area contributed by atoms with Gasteiger partial charge in [0.25, 0.3) is 5.91 Å². The number of alkyl halides is 2. The Hall–Kier alpha value is -3.00. The van der Waals surface area contributed by atoms with Crippen molar-refractivity contribution < 1.29 is 18.3 Å². The van der Waals surface area contributed by atoms with Gasteiger partial charge in [0, 0.05) is 16.8 Å². The molecule has 146 valence electrons.